The molecule has 0 bridgehead atoms. The second kappa shape index (κ2) is 3.96. The summed E-state index contributed by atoms with van der Waals surface area (Å²) in [4.78, 5) is 23.1. The van der Waals surface area contributed by atoms with Crippen LogP contribution >= 0.6 is 0 Å². The quantitative estimate of drug-likeness (QED) is 0.595. The van der Waals surface area contributed by atoms with E-state index < -0.39 is 12.3 Å². The van der Waals surface area contributed by atoms with Crippen LogP contribution in [0.4, 0.5) is 0 Å². The second-order valence-corrected chi connectivity index (χ2v) is 4.08. The first-order valence-corrected chi connectivity index (χ1v) is 5.56. The minimum atomic E-state index is -0.611. The number of aldehydes is 1. The highest BCUT2D eigenvalue weighted by Crippen LogP contribution is 2.29. The molecule has 0 amide bonds. The van der Waals surface area contributed by atoms with Crippen LogP contribution in [0.5, 0.6) is 0 Å². The van der Waals surface area contributed by atoms with Crippen LogP contribution in [0.2, 0.25) is 0 Å². The summed E-state index contributed by atoms with van der Waals surface area (Å²) in [5.74, 6) is -0.522. The number of methoxy groups -OCH3 is 1. The number of para-hydroxylation sites is 1. The molecule has 0 saturated carbocycles. The Morgan fingerprint density at radius 2 is 2.22 bits per heavy atom. The number of cyclic esters (lactones) is 1. The number of carbonyl (C=O) groups is 2. The molecule has 1 unspecified atom stereocenters. The summed E-state index contributed by atoms with van der Waals surface area (Å²) in [5, 5.41) is 0.760. The van der Waals surface area contributed by atoms with E-state index in [1.165, 1.54) is 7.11 Å². The summed E-state index contributed by atoms with van der Waals surface area (Å²) in [5.41, 5.74) is 1.53. The van der Waals surface area contributed by atoms with Crippen LogP contribution in [-0.4, -0.2) is 30.2 Å². The largest absolute Gasteiger partial charge is 0.429 e. The lowest BCUT2D eigenvalue weighted by molar-refractivity contribution is -0.106. The van der Waals surface area contributed by atoms with Crippen molar-refractivity contribution in [2.75, 3.05) is 7.11 Å². The van der Waals surface area contributed by atoms with E-state index in [1.807, 2.05) is 24.3 Å². The van der Waals surface area contributed by atoms with E-state index in [4.69, 9.17) is 9.47 Å². The van der Waals surface area contributed by atoms with Gasteiger partial charge in [-0.1, -0.05) is 18.2 Å². The summed E-state index contributed by atoms with van der Waals surface area (Å²) in [6, 6.07) is 7.39. The lowest BCUT2D eigenvalue weighted by Crippen LogP contribution is -2.33. The van der Waals surface area contributed by atoms with Crippen molar-refractivity contribution in [1.29, 1.82) is 0 Å². The van der Waals surface area contributed by atoms with Gasteiger partial charge in [0.1, 0.15) is 5.69 Å². The predicted molar refractivity (Wildman–Crippen MR) is 63.5 cm³/mol. The molecule has 1 aliphatic rings. The number of carbonyl (C=O) groups excluding carboxylic acids is 2. The van der Waals surface area contributed by atoms with Gasteiger partial charge >= 0.3 is 5.97 Å². The van der Waals surface area contributed by atoms with Gasteiger partial charge in [-0.2, -0.15) is 0 Å². The molecule has 1 atom stereocenters. The Morgan fingerprint density at radius 3 is 2.94 bits per heavy atom. The van der Waals surface area contributed by atoms with Crippen LogP contribution in [0, 0.1) is 0 Å². The maximum Gasteiger partial charge on any atom is 0.358 e. The molecule has 18 heavy (non-hydrogen) atoms. The Balaban J connectivity index is 2.33. The zero-order chi connectivity index (χ0) is 12.7. The SMILES string of the molecule is COC1Cn2c(c(C=O)c3ccccc32)C(=O)O1. The molecule has 1 aliphatic heterocycles. The van der Waals surface area contributed by atoms with Crippen molar-refractivity contribution in [3.05, 3.63) is 35.5 Å². The average molecular weight is 245 g/mol. The Labute approximate surface area is 103 Å². The Kier molecular flexibility index (Phi) is 2.41. The van der Waals surface area contributed by atoms with Crippen molar-refractivity contribution in [2.45, 2.75) is 12.8 Å². The maximum absolute atomic E-state index is 11.9. The van der Waals surface area contributed by atoms with Gasteiger partial charge in [0.25, 0.3) is 0 Å². The molecule has 5 heteroatoms. The number of hydrogen-bond acceptors (Lipinski definition) is 4. The molecule has 92 valence electrons. The van der Waals surface area contributed by atoms with Crippen LogP contribution < -0.4 is 0 Å². The molecular weight excluding hydrogens is 234 g/mol. The number of aromatic nitrogens is 1. The summed E-state index contributed by atoms with van der Waals surface area (Å²) in [6.07, 6.45) is 0.0862. The molecule has 0 spiro atoms. The highest BCUT2D eigenvalue weighted by molar-refractivity contribution is 6.09. The standard InChI is InChI=1S/C13H11NO4/c1-17-11-6-14-10-5-3-2-4-8(10)9(7-15)12(14)13(16)18-11/h2-5,7,11H,6H2,1H3. The van der Waals surface area contributed by atoms with Crippen LogP contribution in [0.15, 0.2) is 24.3 Å². The Bertz CT molecular complexity index is 644. The van der Waals surface area contributed by atoms with Crippen molar-refractivity contribution in [3.63, 3.8) is 0 Å². The number of nitrogens with zero attached hydrogens (tertiary/aromatic N) is 1. The number of hydrogen-bond donors (Lipinski definition) is 0. The third-order valence-electron chi connectivity index (χ3n) is 3.15. The second-order valence-electron chi connectivity index (χ2n) is 4.08. The smallest absolute Gasteiger partial charge is 0.358 e. The van der Waals surface area contributed by atoms with Crippen LogP contribution in [0.25, 0.3) is 10.9 Å². The summed E-state index contributed by atoms with van der Waals surface area (Å²) in [7, 11) is 1.48. The van der Waals surface area contributed by atoms with Crippen molar-refractivity contribution >= 4 is 23.2 Å². The number of rotatable bonds is 2. The van der Waals surface area contributed by atoms with Crippen molar-refractivity contribution in [3.8, 4) is 0 Å². The Morgan fingerprint density at radius 1 is 1.44 bits per heavy atom. The zero-order valence-electron chi connectivity index (χ0n) is 9.75. The van der Waals surface area contributed by atoms with Crippen LogP contribution in [0.1, 0.15) is 20.8 Å². The lowest BCUT2D eigenvalue weighted by Gasteiger charge is -2.24. The van der Waals surface area contributed by atoms with Gasteiger partial charge in [0.05, 0.1) is 12.1 Å². The molecule has 1 aromatic heterocycles. The first-order chi connectivity index (χ1) is 8.76. The fourth-order valence-corrected chi connectivity index (χ4v) is 2.34. The van der Waals surface area contributed by atoms with Gasteiger partial charge in [0, 0.05) is 18.0 Å². The van der Waals surface area contributed by atoms with Crippen molar-refractivity contribution < 1.29 is 19.1 Å². The van der Waals surface area contributed by atoms with Gasteiger partial charge in [-0.15, -0.1) is 0 Å². The summed E-state index contributed by atoms with van der Waals surface area (Å²) >= 11 is 0. The number of ether oxygens (including phenoxy) is 2. The first-order valence-electron chi connectivity index (χ1n) is 5.56. The molecular formula is C13H11NO4. The van der Waals surface area contributed by atoms with Gasteiger partial charge in [0.2, 0.25) is 6.29 Å². The van der Waals surface area contributed by atoms with Gasteiger partial charge in [-0.3, -0.25) is 4.79 Å². The lowest BCUT2D eigenvalue weighted by atomic mass is 10.1. The molecule has 1 aromatic carbocycles. The third kappa shape index (κ3) is 1.37. The molecule has 0 N–H and O–H groups in total. The monoisotopic (exact) mass is 245 g/mol. The fraction of sp³-hybridized carbons (Fsp3) is 0.231. The topological polar surface area (TPSA) is 57.5 Å². The third-order valence-corrected chi connectivity index (χ3v) is 3.15. The molecule has 3 rings (SSSR count). The molecule has 0 saturated heterocycles. The van der Waals surface area contributed by atoms with Gasteiger partial charge < -0.3 is 14.0 Å². The first kappa shape index (κ1) is 11.0. The molecule has 0 radical (unpaired) electrons. The van der Waals surface area contributed by atoms with Crippen molar-refractivity contribution in [1.82, 2.24) is 4.57 Å². The highest BCUT2D eigenvalue weighted by atomic mass is 16.7. The van der Waals surface area contributed by atoms with Crippen LogP contribution in [0.3, 0.4) is 0 Å². The molecule has 0 fully saturated rings. The fourth-order valence-electron chi connectivity index (χ4n) is 2.34. The van der Waals surface area contributed by atoms with Crippen molar-refractivity contribution in [2.24, 2.45) is 0 Å². The van der Waals surface area contributed by atoms with Crippen LogP contribution in [-0.2, 0) is 16.0 Å². The predicted octanol–water partition coefficient (Wildman–Crippen LogP) is 1.60. The van der Waals surface area contributed by atoms with Gasteiger partial charge in [0.15, 0.2) is 6.29 Å². The van der Waals surface area contributed by atoms with E-state index in [1.54, 1.807) is 4.57 Å². The highest BCUT2D eigenvalue weighted by Gasteiger charge is 2.31. The summed E-state index contributed by atoms with van der Waals surface area (Å²) < 4.78 is 11.9. The van der Waals surface area contributed by atoms with E-state index >= 15 is 0 Å². The maximum atomic E-state index is 11.9. The van der Waals surface area contributed by atoms with E-state index in [0.29, 0.717) is 24.1 Å². The normalized spacial score (nSPS) is 18.5. The molecule has 2 heterocycles. The van der Waals surface area contributed by atoms with Gasteiger partial charge in [-0.05, 0) is 6.07 Å². The summed E-state index contributed by atoms with van der Waals surface area (Å²) in [6.45, 7) is 0.395. The van der Waals surface area contributed by atoms with E-state index in [2.05, 4.69) is 0 Å². The number of esters is 1. The number of benzene rings is 1. The molecule has 0 aliphatic carbocycles. The molecule has 2 aromatic rings. The zero-order valence-corrected chi connectivity index (χ0v) is 9.75. The number of fused-ring (bicyclic) bond motifs is 3. The van der Waals surface area contributed by atoms with Gasteiger partial charge in [-0.25, -0.2) is 4.79 Å². The average Bonchev–Trinajstić information content (AvgIpc) is 2.73. The Hall–Kier alpha value is -2.14. The van der Waals surface area contributed by atoms with E-state index in [0.717, 1.165) is 10.9 Å². The molecule has 5 nitrogen and oxygen atoms in total. The van der Waals surface area contributed by atoms with E-state index in [9.17, 15) is 9.59 Å². The van der Waals surface area contributed by atoms with E-state index in [-0.39, 0.29) is 0 Å². The minimum Gasteiger partial charge on any atom is -0.429 e. The minimum absolute atomic E-state index is 0.305.